The number of sulfonamides is 1. The molecule has 1 rings (SSSR count). The van der Waals surface area contributed by atoms with Crippen molar-refractivity contribution in [3.8, 4) is 0 Å². The third kappa shape index (κ3) is 4.80. The van der Waals surface area contributed by atoms with Crippen molar-refractivity contribution in [2.24, 2.45) is 0 Å². The van der Waals surface area contributed by atoms with Gasteiger partial charge in [-0.15, -0.1) is 0 Å². The quantitative estimate of drug-likeness (QED) is 0.744. The van der Waals surface area contributed by atoms with Crippen LogP contribution >= 0.6 is 0 Å². The first-order valence-corrected chi connectivity index (χ1v) is 7.90. The third-order valence-electron chi connectivity index (χ3n) is 3.04. The Hall–Kier alpha value is -0.130. The molecule has 0 unspecified atom stereocenters. The molecule has 5 heteroatoms. The van der Waals surface area contributed by atoms with Crippen LogP contribution in [0.2, 0.25) is 0 Å². The Morgan fingerprint density at radius 2 is 1.62 bits per heavy atom. The molecule has 1 fully saturated rings. The normalized spacial score (nSPS) is 20.3. The van der Waals surface area contributed by atoms with E-state index in [1.807, 2.05) is 7.05 Å². The molecule has 0 bridgehead atoms. The molecule has 1 aliphatic heterocycles. The highest BCUT2D eigenvalue weighted by Gasteiger charge is 2.21. The Morgan fingerprint density at radius 3 is 2.19 bits per heavy atom. The van der Waals surface area contributed by atoms with Crippen molar-refractivity contribution in [3.63, 3.8) is 0 Å². The fourth-order valence-electron chi connectivity index (χ4n) is 2.06. The molecule has 0 aromatic carbocycles. The van der Waals surface area contributed by atoms with Gasteiger partial charge in [-0.2, -0.15) is 0 Å². The van der Waals surface area contributed by atoms with Gasteiger partial charge >= 0.3 is 0 Å². The second kappa shape index (κ2) is 7.25. The van der Waals surface area contributed by atoms with Crippen LogP contribution in [0.5, 0.6) is 0 Å². The Kier molecular flexibility index (Phi) is 6.31. The SMILES string of the molecule is CNCCCS(=O)(=O)N1CCCCCCC1. The average Bonchev–Trinajstić information content (AvgIpc) is 2.16. The molecule has 0 saturated carbocycles. The molecule has 1 aliphatic rings. The van der Waals surface area contributed by atoms with E-state index >= 15 is 0 Å². The lowest BCUT2D eigenvalue weighted by molar-refractivity contribution is 0.363. The van der Waals surface area contributed by atoms with Crippen molar-refractivity contribution in [2.45, 2.75) is 38.5 Å². The monoisotopic (exact) mass is 248 g/mol. The number of nitrogens with zero attached hydrogens (tertiary/aromatic N) is 1. The van der Waals surface area contributed by atoms with Crippen molar-refractivity contribution in [1.29, 1.82) is 0 Å². The molecule has 96 valence electrons. The van der Waals surface area contributed by atoms with Crippen LogP contribution in [0.15, 0.2) is 0 Å². The van der Waals surface area contributed by atoms with Crippen LogP contribution in [-0.4, -0.2) is 45.2 Å². The van der Waals surface area contributed by atoms with Crippen LogP contribution in [0.4, 0.5) is 0 Å². The molecule has 0 aliphatic carbocycles. The lowest BCUT2D eigenvalue weighted by Crippen LogP contribution is -2.36. The largest absolute Gasteiger partial charge is 0.320 e. The number of nitrogens with one attached hydrogen (secondary N) is 1. The van der Waals surface area contributed by atoms with Crippen LogP contribution < -0.4 is 5.32 Å². The van der Waals surface area contributed by atoms with E-state index < -0.39 is 10.0 Å². The molecule has 0 spiro atoms. The first-order chi connectivity index (χ1) is 7.67. The van der Waals surface area contributed by atoms with Gasteiger partial charge < -0.3 is 5.32 Å². The van der Waals surface area contributed by atoms with Gasteiger partial charge in [0.25, 0.3) is 0 Å². The first kappa shape index (κ1) is 13.9. The highest BCUT2D eigenvalue weighted by Crippen LogP contribution is 2.14. The zero-order valence-corrected chi connectivity index (χ0v) is 11.1. The minimum Gasteiger partial charge on any atom is -0.320 e. The first-order valence-electron chi connectivity index (χ1n) is 6.29. The highest BCUT2D eigenvalue weighted by atomic mass is 32.2. The van der Waals surface area contributed by atoms with E-state index in [0.717, 1.165) is 32.5 Å². The Labute approximate surface area is 99.5 Å². The summed E-state index contributed by atoms with van der Waals surface area (Å²) in [6.07, 6.45) is 6.34. The Morgan fingerprint density at radius 1 is 1.06 bits per heavy atom. The lowest BCUT2D eigenvalue weighted by atomic mass is 10.1. The minimum atomic E-state index is -3.00. The van der Waals surface area contributed by atoms with Crippen molar-refractivity contribution >= 4 is 10.0 Å². The lowest BCUT2D eigenvalue weighted by Gasteiger charge is -2.24. The van der Waals surface area contributed by atoms with Crippen LogP contribution in [-0.2, 0) is 10.0 Å². The van der Waals surface area contributed by atoms with E-state index in [2.05, 4.69) is 5.32 Å². The van der Waals surface area contributed by atoms with Crippen molar-refractivity contribution in [3.05, 3.63) is 0 Å². The average molecular weight is 248 g/mol. The summed E-state index contributed by atoms with van der Waals surface area (Å²) >= 11 is 0. The molecule has 1 heterocycles. The van der Waals surface area contributed by atoms with Gasteiger partial charge in [0.1, 0.15) is 0 Å². The standard InChI is InChI=1S/C11H24N2O2S/c1-12-8-7-11-16(14,15)13-9-5-3-2-4-6-10-13/h12H,2-11H2,1H3. The molecule has 0 aromatic rings. The summed E-state index contributed by atoms with van der Waals surface area (Å²) in [6, 6.07) is 0. The zero-order chi connectivity index (χ0) is 11.9. The second-order valence-corrected chi connectivity index (χ2v) is 6.53. The number of rotatable bonds is 5. The fourth-order valence-corrected chi connectivity index (χ4v) is 3.64. The van der Waals surface area contributed by atoms with Gasteiger partial charge in [0, 0.05) is 13.1 Å². The summed E-state index contributed by atoms with van der Waals surface area (Å²) in [5, 5.41) is 2.98. The van der Waals surface area contributed by atoms with Crippen molar-refractivity contribution in [2.75, 3.05) is 32.4 Å². The van der Waals surface area contributed by atoms with Crippen molar-refractivity contribution < 1.29 is 8.42 Å². The number of hydrogen-bond donors (Lipinski definition) is 1. The van der Waals surface area contributed by atoms with Crippen molar-refractivity contribution in [1.82, 2.24) is 9.62 Å². The van der Waals surface area contributed by atoms with Gasteiger partial charge in [-0.05, 0) is 32.9 Å². The van der Waals surface area contributed by atoms with Gasteiger partial charge in [-0.1, -0.05) is 19.3 Å². The third-order valence-corrected chi connectivity index (χ3v) is 4.99. The van der Waals surface area contributed by atoms with E-state index in [-0.39, 0.29) is 5.75 Å². The maximum absolute atomic E-state index is 12.0. The molecular formula is C11H24N2O2S. The van der Waals surface area contributed by atoms with Crippen LogP contribution in [0.1, 0.15) is 38.5 Å². The van der Waals surface area contributed by atoms with Gasteiger partial charge in [0.05, 0.1) is 5.75 Å². The minimum absolute atomic E-state index is 0.286. The molecular weight excluding hydrogens is 224 g/mol. The van der Waals surface area contributed by atoms with E-state index in [1.165, 1.54) is 19.3 Å². The molecule has 4 nitrogen and oxygen atoms in total. The summed E-state index contributed by atoms with van der Waals surface area (Å²) in [7, 11) is -1.15. The maximum atomic E-state index is 12.0. The van der Waals surface area contributed by atoms with E-state index in [4.69, 9.17) is 0 Å². The molecule has 16 heavy (non-hydrogen) atoms. The summed E-state index contributed by atoms with van der Waals surface area (Å²) in [6.45, 7) is 2.22. The maximum Gasteiger partial charge on any atom is 0.214 e. The summed E-state index contributed by atoms with van der Waals surface area (Å²) in [5.74, 6) is 0.286. The van der Waals surface area contributed by atoms with Gasteiger partial charge in [-0.25, -0.2) is 12.7 Å². The number of hydrogen-bond acceptors (Lipinski definition) is 3. The Bertz CT molecular complexity index is 270. The summed E-state index contributed by atoms with van der Waals surface area (Å²) in [4.78, 5) is 0. The molecule has 0 amide bonds. The Balaban J connectivity index is 2.44. The van der Waals surface area contributed by atoms with E-state index in [0.29, 0.717) is 6.42 Å². The van der Waals surface area contributed by atoms with Gasteiger partial charge in [-0.3, -0.25) is 0 Å². The van der Waals surface area contributed by atoms with Crippen LogP contribution in [0.3, 0.4) is 0 Å². The van der Waals surface area contributed by atoms with E-state index in [9.17, 15) is 8.42 Å². The molecule has 1 N–H and O–H groups in total. The van der Waals surface area contributed by atoms with Crippen LogP contribution in [0, 0.1) is 0 Å². The molecule has 1 saturated heterocycles. The van der Waals surface area contributed by atoms with Gasteiger partial charge in [0.2, 0.25) is 10.0 Å². The second-order valence-electron chi connectivity index (χ2n) is 4.44. The molecule has 0 atom stereocenters. The molecule has 0 aromatic heterocycles. The summed E-state index contributed by atoms with van der Waals surface area (Å²) in [5.41, 5.74) is 0. The topological polar surface area (TPSA) is 49.4 Å². The zero-order valence-electron chi connectivity index (χ0n) is 10.2. The van der Waals surface area contributed by atoms with Crippen LogP contribution in [0.25, 0.3) is 0 Å². The molecule has 0 radical (unpaired) electrons. The predicted octanol–water partition coefficient (Wildman–Crippen LogP) is 1.19. The predicted molar refractivity (Wildman–Crippen MR) is 67.0 cm³/mol. The smallest absolute Gasteiger partial charge is 0.214 e. The summed E-state index contributed by atoms with van der Waals surface area (Å²) < 4.78 is 25.7. The van der Waals surface area contributed by atoms with Gasteiger partial charge in [0.15, 0.2) is 0 Å². The fraction of sp³-hybridized carbons (Fsp3) is 1.00. The van der Waals surface area contributed by atoms with E-state index in [1.54, 1.807) is 4.31 Å². The highest BCUT2D eigenvalue weighted by molar-refractivity contribution is 7.89.